The minimum atomic E-state index is -0.742. The summed E-state index contributed by atoms with van der Waals surface area (Å²) < 4.78 is 22.1. The van der Waals surface area contributed by atoms with Crippen molar-refractivity contribution in [2.75, 3.05) is 13.2 Å². The fourth-order valence-corrected chi connectivity index (χ4v) is 3.37. The molecular formula is C31H32O7. The van der Waals surface area contributed by atoms with Gasteiger partial charge in [-0.2, -0.15) is 0 Å². The number of allylic oxidation sites excluding steroid dienone is 1. The Kier molecular flexibility index (Phi) is 10.7. The zero-order valence-electron chi connectivity index (χ0n) is 21.7. The van der Waals surface area contributed by atoms with Crippen molar-refractivity contribution >= 4 is 17.7 Å². The van der Waals surface area contributed by atoms with Crippen LogP contribution in [0.5, 0.6) is 23.0 Å². The number of benzene rings is 3. The number of unbranched alkanes of at least 4 members (excludes halogenated alkanes) is 2. The standard InChI is InChI=1S/C31H32O7/c1-4-7-19-35-23-10-14-25(15-11-23)37-30(33)22-9-18-27(28(21-22)29(32)6-3)31(34)38-26-16-12-24(13-17-26)36-20-8-5-2/h6,9-18,21H,3-5,7-8,19-20H2,1-2H3. The maximum absolute atomic E-state index is 12.9. The van der Waals surface area contributed by atoms with Gasteiger partial charge in [-0.05, 0) is 85.6 Å². The molecular weight excluding hydrogens is 484 g/mol. The van der Waals surface area contributed by atoms with Crippen LogP contribution in [0.3, 0.4) is 0 Å². The molecule has 0 unspecified atom stereocenters. The van der Waals surface area contributed by atoms with Crippen LogP contribution in [-0.4, -0.2) is 30.9 Å². The van der Waals surface area contributed by atoms with Crippen LogP contribution >= 0.6 is 0 Å². The molecule has 38 heavy (non-hydrogen) atoms. The number of hydrogen-bond donors (Lipinski definition) is 0. The van der Waals surface area contributed by atoms with Crippen molar-refractivity contribution in [1.29, 1.82) is 0 Å². The third kappa shape index (κ3) is 8.06. The van der Waals surface area contributed by atoms with Gasteiger partial charge in [-0.25, -0.2) is 9.59 Å². The number of ether oxygens (including phenoxy) is 4. The summed E-state index contributed by atoms with van der Waals surface area (Å²) in [6.07, 6.45) is 5.03. The predicted octanol–water partition coefficient (Wildman–Crippen LogP) is 6.85. The molecule has 7 heteroatoms. The van der Waals surface area contributed by atoms with Gasteiger partial charge in [0.15, 0.2) is 5.78 Å². The highest BCUT2D eigenvalue weighted by Gasteiger charge is 2.21. The van der Waals surface area contributed by atoms with Crippen LogP contribution in [0.25, 0.3) is 0 Å². The first-order valence-electron chi connectivity index (χ1n) is 12.7. The van der Waals surface area contributed by atoms with Crippen LogP contribution in [0, 0.1) is 0 Å². The number of hydrogen-bond acceptors (Lipinski definition) is 7. The predicted molar refractivity (Wildman–Crippen MR) is 145 cm³/mol. The Balaban J connectivity index is 1.70. The highest BCUT2D eigenvalue weighted by Crippen LogP contribution is 2.23. The van der Waals surface area contributed by atoms with E-state index in [1.54, 1.807) is 48.5 Å². The maximum atomic E-state index is 12.9. The summed E-state index contributed by atoms with van der Waals surface area (Å²) in [5.41, 5.74) is 0.0885. The summed E-state index contributed by atoms with van der Waals surface area (Å²) in [5.74, 6) is 0.0102. The largest absolute Gasteiger partial charge is 0.494 e. The number of rotatable bonds is 14. The van der Waals surface area contributed by atoms with Gasteiger partial charge in [0.2, 0.25) is 0 Å². The minimum absolute atomic E-state index is 0.00306. The summed E-state index contributed by atoms with van der Waals surface area (Å²) >= 11 is 0. The number of carbonyl (C=O) groups excluding carboxylic acids is 3. The highest BCUT2D eigenvalue weighted by atomic mass is 16.5. The molecule has 0 aliphatic heterocycles. The van der Waals surface area contributed by atoms with Crippen molar-refractivity contribution < 1.29 is 33.3 Å². The van der Waals surface area contributed by atoms with E-state index in [0.29, 0.717) is 36.2 Å². The quantitative estimate of drug-likeness (QED) is 0.0761. The van der Waals surface area contributed by atoms with E-state index in [9.17, 15) is 14.4 Å². The van der Waals surface area contributed by atoms with E-state index in [1.165, 1.54) is 18.2 Å². The molecule has 198 valence electrons. The zero-order valence-corrected chi connectivity index (χ0v) is 21.7. The molecule has 0 radical (unpaired) electrons. The van der Waals surface area contributed by atoms with Crippen molar-refractivity contribution in [3.63, 3.8) is 0 Å². The number of ketones is 1. The van der Waals surface area contributed by atoms with Gasteiger partial charge in [0.1, 0.15) is 23.0 Å². The molecule has 0 saturated carbocycles. The van der Waals surface area contributed by atoms with E-state index in [4.69, 9.17) is 18.9 Å². The fraction of sp³-hybridized carbons (Fsp3) is 0.258. The van der Waals surface area contributed by atoms with Crippen molar-refractivity contribution in [3.8, 4) is 23.0 Å². The highest BCUT2D eigenvalue weighted by molar-refractivity contribution is 6.12. The lowest BCUT2D eigenvalue weighted by atomic mass is 10.00. The van der Waals surface area contributed by atoms with Crippen LogP contribution in [-0.2, 0) is 0 Å². The van der Waals surface area contributed by atoms with Gasteiger partial charge in [0, 0.05) is 5.56 Å². The average Bonchev–Trinajstić information content (AvgIpc) is 2.94. The van der Waals surface area contributed by atoms with Gasteiger partial charge in [-0.1, -0.05) is 33.3 Å². The second-order valence-electron chi connectivity index (χ2n) is 8.45. The summed E-state index contributed by atoms with van der Waals surface area (Å²) in [7, 11) is 0. The molecule has 0 fully saturated rings. The third-order valence-corrected chi connectivity index (χ3v) is 5.53. The van der Waals surface area contributed by atoms with Crippen LogP contribution in [0.15, 0.2) is 79.4 Å². The van der Waals surface area contributed by atoms with Crippen molar-refractivity contribution in [2.24, 2.45) is 0 Å². The zero-order chi connectivity index (χ0) is 27.3. The van der Waals surface area contributed by atoms with Crippen LogP contribution in [0.1, 0.15) is 70.6 Å². The Bertz CT molecular complexity index is 1240. The van der Waals surface area contributed by atoms with Gasteiger partial charge >= 0.3 is 11.9 Å². The molecule has 0 bridgehead atoms. The monoisotopic (exact) mass is 516 g/mol. The Hall–Kier alpha value is -4.39. The molecule has 0 spiro atoms. The van der Waals surface area contributed by atoms with Crippen LogP contribution < -0.4 is 18.9 Å². The molecule has 0 saturated heterocycles. The fourth-order valence-electron chi connectivity index (χ4n) is 3.37. The normalized spacial score (nSPS) is 10.4. The van der Waals surface area contributed by atoms with Crippen LogP contribution in [0.2, 0.25) is 0 Å². The van der Waals surface area contributed by atoms with E-state index in [2.05, 4.69) is 20.4 Å². The van der Waals surface area contributed by atoms with E-state index in [1.807, 2.05) is 0 Å². The SMILES string of the molecule is C=CC(=O)c1cc(C(=O)Oc2ccc(OCCCC)cc2)ccc1C(=O)Oc1ccc(OCCCC)cc1. The van der Waals surface area contributed by atoms with Crippen molar-refractivity contribution in [1.82, 2.24) is 0 Å². The molecule has 0 N–H and O–H groups in total. The molecule has 3 aromatic rings. The van der Waals surface area contributed by atoms with Gasteiger partial charge in [0.05, 0.1) is 24.3 Å². The second kappa shape index (κ2) is 14.4. The van der Waals surface area contributed by atoms with Crippen molar-refractivity contribution in [2.45, 2.75) is 39.5 Å². The molecule has 0 aliphatic carbocycles. The second-order valence-corrected chi connectivity index (χ2v) is 8.45. The Morgan fingerprint density at radius 2 is 1.13 bits per heavy atom. The maximum Gasteiger partial charge on any atom is 0.344 e. The van der Waals surface area contributed by atoms with Gasteiger partial charge in [-0.3, -0.25) is 4.79 Å². The van der Waals surface area contributed by atoms with E-state index in [0.717, 1.165) is 31.8 Å². The summed E-state index contributed by atoms with van der Waals surface area (Å²) in [6.45, 7) is 8.88. The molecule has 0 heterocycles. The summed E-state index contributed by atoms with van der Waals surface area (Å²) in [6, 6.07) is 17.4. The first-order chi connectivity index (χ1) is 18.4. The first kappa shape index (κ1) is 28.2. The lowest BCUT2D eigenvalue weighted by Gasteiger charge is -2.11. The molecule has 0 aromatic heterocycles. The summed E-state index contributed by atoms with van der Waals surface area (Å²) in [4.78, 5) is 38.2. The molecule has 3 aromatic carbocycles. The third-order valence-electron chi connectivity index (χ3n) is 5.53. The van der Waals surface area contributed by atoms with Crippen LogP contribution in [0.4, 0.5) is 0 Å². The smallest absolute Gasteiger partial charge is 0.344 e. The van der Waals surface area contributed by atoms with Crippen molar-refractivity contribution in [3.05, 3.63) is 96.1 Å². The number of carbonyl (C=O) groups is 3. The van der Waals surface area contributed by atoms with Gasteiger partial charge in [0.25, 0.3) is 0 Å². The first-order valence-corrected chi connectivity index (χ1v) is 12.7. The molecule has 0 atom stereocenters. The number of esters is 2. The summed E-state index contributed by atoms with van der Waals surface area (Å²) in [5, 5.41) is 0. The van der Waals surface area contributed by atoms with Gasteiger partial charge < -0.3 is 18.9 Å². The molecule has 0 aliphatic rings. The van der Waals surface area contributed by atoms with E-state index < -0.39 is 17.7 Å². The molecule has 0 amide bonds. The Labute approximate surface area is 223 Å². The molecule has 3 rings (SSSR count). The Morgan fingerprint density at radius 1 is 0.658 bits per heavy atom. The lowest BCUT2D eigenvalue weighted by molar-refractivity contribution is 0.0718. The Morgan fingerprint density at radius 3 is 1.61 bits per heavy atom. The van der Waals surface area contributed by atoms with E-state index >= 15 is 0 Å². The van der Waals surface area contributed by atoms with E-state index in [-0.39, 0.29) is 16.7 Å². The van der Waals surface area contributed by atoms with Gasteiger partial charge in [-0.15, -0.1) is 0 Å². The topological polar surface area (TPSA) is 88.1 Å². The molecule has 7 nitrogen and oxygen atoms in total. The average molecular weight is 517 g/mol. The minimum Gasteiger partial charge on any atom is -0.494 e. The lowest BCUT2D eigenvalue weighted by Crippen LogP contribution is -2.16.